The largest absolute Gasteiger partial charge is 0.772 e. The van der Waals surface area contributed by atoms with E-state index in [0.29, 0.717) is 11.7 Å². The van der Waals surface area contributed by atoms with E-state index in [2.05, 4.69) is 13.8 Å². The highest BCUT2D eigenvalue weighted by molar-refractivity contribution is 7.79. The van der Waals surface area contributed by atoms with E-state index in [4.69, 9.17) is 0 Å². The van der Waals surface area contributed by atoms with Crippen molar-refractivity contribution in [3.63, 3.8) is 0 Å². The lowest BCUT2D eigenvalue weighted by molar-refractivity contribution is 0.446. The van der Waals surface area contributed by atoms with Crippen molar-refractivity contribution >= 4 is 11.1 Å². The van der Waals surface area contributed by atoms with Gasteiger partial charge in [-0.25, -0.2) is 0 Å². The van der Waals surface area contributed by atoms with Gasteiger partial charge in [0.1, 0.15) is 0 Å². The van der Waals surface area contributed by atoms with E-state index in [9.17, 15) is 8.76 Å². The Hall–Kier alpha value is 0.110. The van der Waals surface area contributed by atoms with Crippen LogP contribution in [0.25, 0.3) is 0 Å². The maximum Gasteiger partial charge on any atom is 0.0130 e. The van der Waals surface area contributed by atoms with Gasteiger partial charge in [0.05, 0.1) is 0 Å². The van der Waals surface area contributed by atoms with Crippen LogP contribution >= 0.6 is 0 Å². The maximum absolute atomic E-state index is 10.5. The molecule has 0 aliphatic heterocycles. The lowest BCUT2D eigenvalue weighted by Gasteiger charge is -2.17. The molecule has 2 atom stereocenters. The van der Waals surface area contributed by atoms with Crippen LogP contribution in [0.15, 0.2) is 0 Å². The van der Waals surface area contributed by atoms with Crippen LogP contribution in [0.5, 0.6) is 0 Å². The van der Waals surface area contributed by atoms with E-state index >= 15 is 0 Å². The summed E-state index contributed by atoms with van der Waals surface area (Å²) in [4.78, 5) is 0. The maximum atomic E-state index is 10.5. The molecule has 3 heteroatoms. The Labute approximate surface area is 84.4 Å². The SMILES string of the molecule is CCCCCC(CCC)CS(=O)[O-]. The first-order valence-electron chi connectivity index (χ1n) is 5.26. The van der Waals surface area contributed by atoms with Gasteiger partial charge < -0.3 is 4.55 Å². The molecule has 0 bridgehead atoms. The highest BCUT2D eigenvalue weighted by Gasteiger charge is 2.06. The molecule has 2 unspecified atom stereocenters. The predicted molar refractivity (Wildman–Crippen MR) is 56.3 cm³/mol. The van der Waals surface area contributed by atoms with Gasteiger partial charge >= 0.3 is 0 Å². The molecule has 0 aliphatic carbocycles. The average molecular weight is 205 g/mol. The fourth-order valence-electron chi connectivity index (χ4n) is 1.59. The molecular formula is C10H21O2S-. The molecule has 0 fully saturated rings. The second kappa shape index (κ2) is 8.70. The van der Waals surface area contributed by atoms with Crippen LogP contribution < -0.4 is 0 Å². The van der Waals surface area contributed by atoms with Crippen molar-refractivity contribution in [3.05, 3.63) is 0 Å². The molecule has 0 N–H and O–H groups in total. The molecule has 0 rings (SSSR count). The highest BCUT2D eigenvalue weighted by Crippen LogP contribution is 2.16. The van der Waals surface area contributed by atoms with Crippen LogP contribution in [0.4, 0.5) is 0 Å². The van der Waals surface area contributed by atoms with E-state index in [1.807, 2.05) is 0 Å². The van der Waals surface area contributed by atoms with Gasteiger partial charge in [0, 0.05) is 5.75 Å². The van der Waals surface area contributed by atoms with E-state index in [1.165, 1.54) is 19.3 Å². The molecule has 0 aromatic carbocycles. The Morgan fingerprint density at radius 1 is 1.15 bits per heavy atom. The Morgan fingerprint density at radius 3 is 2.31 bits per heavy atom. The zero-order valence-corrected chi connectivity index (χ0v) is 9.57. The smallest absolute Gasteiger partial charge is 0.0130 e. The van der Waals surface area contributed by atoms with Crippen LogP contribution in [0.1, 0.15) is 52.4 Å². The van der Waals surface area contributed by atoms with Gasteiger partial charge in [-0.2, -0.15) is 0 Å². The summed E-state index contributed by atoms with van der Waals surface area (Å²) in [5.74, 6) is 0.757. The van der Waals surface area contributed by atoms with Crippen LogP contribution in [-0.2, 0) is 11.1 Å². The molecule has 13 heavy (non-hydrogen) atoms. The lowest BCUT2D eigenvalue weighted by atomic mass is 9.99. The van der Waals surface area contributed by atoms with Gasteiger partial charge in [0.25, 0.3) is 0 Å². The van der Waals surface area contributed by atoms with Crippen molar-refractivity contribution in [3.8, 4) is 0 Å². The monoisotopic (exact) mass is 205 g/mol. The molecule has 0 radical (unpaired) electrons. The summed E-state index contributed by atoms with van der Waals surface area (Å²) >= 11 is -1.85. The van der Waals surface area contributed by atoms with Crippen molar-refractivity contribution in [1.29, 1.82) is 0 Å². The van der Waals surface area contributed by atoms with Crippen LogP contribution in [0.2, 0.25) is 0 Å². The summed E-state index contributed by atoms with van der Waals surface area (Å²) < 4.78 is 21.0. The van der Waals surface area contributed by atoms with E-state index < -0.39 is 11.1 Å². The first kappa shape index (κ1) is 13.1. The van der Waals surface area contributed by atoms with Crippen molar-refractivity contribution in [2.75, 3.05) is 5.75 Å². The molecular weight excluding hydrogens is 184 g/mol. The molecule has 0 aromatic rings. The fourth-order valence-corrected chi connectivity index (χ4v) is 2.31. The molecule has 0 spiro atoms. The fraction of sp³-hybridized carbons (Fsp3) is 1.00. The quantitative estimate of drug-likeness (QED) is 0.451. The van der Waals surface area contributed by atoms with Crippen LogP contribution in [-0.4, -0.2) is 14.5 Å². The summed E-state index contributed by atoms with van der Waals surface area (Å²) in [6.45, 7) is 4.28. The van der Waals surface area contributed by atoms with Gasteiger partial charge in [-0.15, -0.1) is 0 Å². The number of hydrogen-bond acceptors (Lipinski definition) is 2. The molecule has 0 amide bonds. The summed E-state index contributed by atoms with van der Waals surface area (Å²) in [7, 11) is 0. The van der Waals surface area contributed by atoms with Crippen molar-refractivity contribution < 1.29 is 8.76 Å². The Morgan fingerprint density at radius 2 is 1.85 bits per heavy atom. The Kier molecular flexibility index (Phi) is 8.77. The minimum absolute atomic E-state index is 0.359. The van der Waals surface area contributed by atoms with Crippen molar-refractivity contribution in [2.24, 2.45) is 5.92 Å². The van der Waals surface area contributed by atoms with Gasteiger partial charge in [-0.3, -0.25) is 4.21 Å². The lowest BCUT2D eigenvalue weighted by Crippen LogP contribution is -2.10. The summed E-state index contributed by atoms with van der Waals surface area (Å²) in [6, 6.07) is 0. The molecule has 0 aliphatic rings. The second-order valence-corrected chi connectivity index (χ2v) is 4.56. The zero-order chi connectivity index (χ0) is 10.1. The zero-order valence-electron chi connectivity index (χ0n) is 8.75. The minimum Gasteiger partial charge on any atom is -0.772 e. The first-order chi connectivity index (χ1) is 6.20. The molecule has 0 saturated heterocycles. The molecule has 0 aromatic heterocycles. The Balaban J connectivity index is 3.59. The van der Waals surface area contributed by atoms with Crippen molar-refractivity contribution in [2.45, 2.75) is 52.4 Å². The van der Waals surface area contributed by atoms with Gasteiger partial charge in [-0.05, 0) is 18.8 Å². The number of rotatable bonds is 8. The van der Waals surface area contributed by atoms with Crippen LogP contribution in [0.3, 0.4) is 0 Å². The molecule has 2 nitrogen and oxygen atoms in total. The van der Waals surface area contributed by atoms with Gasteiger partial charge in [0.15, 0.2) is 0 Å². The molecule has 0 heterocycles. The third-order valence-corrected chi connectivity index (χ3v) is 3.03. The summed E-state index contributed by atoms with van der Waals surface area (Å²) in [6.07, 6.45) is 6.84. The molecule has 80 valence electrons. The highest BCUT2D eigenvalue weighted by atomic mass is 32.2. The van der Waals surface area contributed by atoms with E-state index in [-0.39, 0.29) is 0 Å². The number of unbranched alkanes of at least 4 members (excludes halogenated alkanes) is 2. The topological polar surface area (TPSA) is 40.1 Å². The Bertz CT molecular complexity index is 137. The number of hydrogen-bond donors (Lipinski definition) is 0. The first-order valence-corrected chi connectivity index (χ1v) is 6.50. The second-order valence-electron chi connectivity index (χ2n) is 3.62. The standard InChI is InChI=1S/C10H22O2S/c1-3-5-6-8-10(7-4-2)9-13(11)12/h10H,3-9H2,1-2H3,(H,11,12)/p-1. The molecule has 0 saturated carbocycles. The van der Waals surface area contributed by atoms with E-state index in [0.717, 1.165) is 19.3 Å². The normalized spacial score (nSPS) is 15.6. The predicted octanol–water partition coefficient (Wildman–Crippen LogP) is 2.86. The van der Waals surface area contributed by atoms with Gasteiger partial charge in [0.2, 0.25) is 0 Å². The average Bonchev–Trinajstić information content (AvgIpc) is 2.04. The summed E-state index contributed by atoms with van der Waals surface area (Å²) in [5.41, 5.74) is 0. The third-order valence-electron chi connectivity index (χ3n) is 2.28. The van der Waals surface area contributed by atoms with Crippen LogP contribution in [0, 0.1) is 5.92 Å². The third kappa shape index (κ3) is 8.44. The summed E-state index contributed by atoms with van der Waals surface area (Å²) in [5, 5.41) is 0. The minimum atomic E-state index is -1.85. The van der Waals surface area contributed by atoms with Crippen molar-refractivity contribution in [1.82, 2.24) is 0 Å². The van der Waals surface area contributed by atoms with E-state index in [1.54, 1.807) is 0 Å². The van der Waals surface area contributed by atoms with Gasteiger partial charge in [-0.1, -0.05) is 50.6 Å².